The summed E-state index contributed by atoms with van der Waals surface area (Å²) in [6.07, 6.45) is 0.427. The predicted molar refractivity (Wildman–Crippen MR) is 105 cm³/mol. The Balaban J connectivity index is 1.45. The summed E-state index contributed by atoms with van der Waals surface area (Å²) in [4.78, 5) is 26.4. The summed E-state index contributed by atoms with van der Waals surface area (Å²) in [7, 11) is -1.52. The van der Waals surface area contributed by atoms with Crippen LogP contribution in [0.2, 0.25) is 0 Å². The number of sulfone groups is 1. The van der Waals surface area contributed by atoms with Crippen LogP contribution in [-0.2, 0) is 24.2 Å². The number of thioether (sulfide) groups is 1. The average molecular weight is 408 g/mol. The van der Waals surface area contributed by atoms with Crippen molar-refractivity contribution >= 4 is 44.2 Å². The third kappa shape index (κ3) is 5.23. The Morgan fingerprint density at radius 2 is 1.93 bits per heavy atom. The third-order valence-corrected chi connectivity index (χ3v) is 7.30. The van der Waals surface area contributed by atoms with E-state index in [0.29, 0.717) is 6.42 Å². The van der Waals surface area contributed by atoms with Crippen LogP contribution in [0.4, 0.5) is 0 Å². The van der Waals surface area contributed by atoms with E-state index in [9.17, 15) is 18.0 Å². The molecule has 1 aliphatic rings. The van der Waals surface area contributed by atoms with Crippen molar-refractivity contribution in [2.45, 2.75) is 17.4 Å². The number of ether oxygens (including phenoxy) is 1. The second-order valence-corrected chi connectivity index (χ2v) is 9.80. The molecule has 0 radical (unpaired) electrons. The standard InChI is InChI=1S/C19H21NO5S2/c1-20(16-8-9-27(23,24)13-16)18(21)11-25-19(22)12-26-17-7-6-14-4-2-3-5-15(14)10-17/h2-7,10,16H,8-9,11-13H2,1H3/t16-/m0/s1. The van der Waals surface area contributed by atoms with Gasteiger partial charge in [-0.3, -0.25) is 9.59 Å². The average Bonchev–Trinajstić information content (AvgIpc) is 3.03. The van der Waals surface area contributed by atoms with E-state index in [1.54, 1.807) is 7.05 Å². The lowest BCUT2D eigenvalue weighted by molar-refractivity contribution is -0.150. The van der Waals surface area contributed by atoms with Crippen LogP contribution in [-0.4, -0.2) is 62.1 Å². The lowest BCUT2D eigenvalue weighted by atomic mass is 10.1. The molecule has 8 heteroatoms. The zero-order valence-electron chi connectivity index (χ0n) is 15.0. The van der Waals surface area contributed by atoms with Crippen LogP contribution in [0.1, 0.15) is 6.42 Å². The monoisotopic (exact) mass is 407 g/mol. The molecule has 1 amide bonds. The van der Waals surface area contributed by atoms with Gasteiger partial charge >= 0.3 is 5.97 Å². The number of likely N-dealkylation sites (N-methyl/N-ethyl adjacent to an activating group) is 1. The van der Waals surface area contributed by atoms with E-state index in [1.807, 2.05) is 42.5 Å². The zero-order valence-corrected chi connectivity index (χ0v) is 16.6. The van der Waals surface area contributed by atoms with Gasteiger partial charge in [-0.15, -0.1) is 11.8 Å². The molecule has 1 atom stereocenters. The maximum absolute atomic E-state index is 12.1. The first kappa shape index (κ1) is 19.7. The summed E-state index contributed by atoms with van der Waals surface area (Å²) in [6.45, 7) is -0.371. The molecule has 1 heterocycles. The Morgan fingerprint density at radius 3 is 2.63 bits per heavy atom. The predicted octanol–water partition coefficient (Wildman–Crippen LogP) is 2.12. The molecule has 6 nitrogen and oxygen atoms in total. The van der Waals surface area contributed by atoms with E-state index in [0.717, 1.165) is 15.7 Å². The molecule has 1 aliphatic heterocycles. The van der Waals surface area contributed by atoms with Crippen LogP contribution in [0, 0.1) is 0 Å². The number of nitrogens with zero attached hydrogens (tertiary/aromatic N) is 1. The largest absolute Gasteiger partial charge is 0.455 e. The van der Waals surface area contributed by atoms with Gasteiger partial charge < -0.3 is 9.64 Å². The van der Waals surface area contributed by atoms with E-state index in [2.05, 4.69) is 0 Å². The molecule has 27 heavy (non-hydrogen) atoms. The summed E-state index contributed by atoms with van der Waals surface area (Å²) in [5.74, 6) is -0.693. The van der Waals surface area contributed by atoms with Gasteiger partial charge in [0.15, 0.2) is 16.4 Å². The van der Waals surface area contributed by atoms with Crippen molar-refractivity contribution in [3.63, 3.8) is 0 Å². The lowest BCUT2D eigenvalue weighted by Crippen LogP contribution is -2.40. The van der Waals surface area contributed by atoms with Gasteiger partial charge in [0.2, 0.25) is 0 Å². The second kappa shape index (κ2) is 8.31. The number of fused-ring (bicyclic) bond motifs is 1. The second-order valence-electron chi connectivity index (χ2n) is 6.52. The summed E-state index contributed by atoms with van der Waals surface area (Å²) >= 11 is 1.35. The molecule has 0 bridgehead atoms. The van der Waals surface area contributed by atoms with Gasteiger partial charge in [-0.25, -0.2) is 8.42 Å². The first-order valence-electron chi connectivity index (χ1n) is 8.57. The minimum atomic E-state index is -3.07. The van der Waals surface area contributed by atoms with Gasteiger partial charge in [0.05, 0.1) is 17.3 Å². The summed E-state index contributed by atoms with van der Waals surface area (Å²) in [6, 6.07) is 13.6. The Bertz CT molecular complexity index is 957. The molecular weight excluding hydrogens is 386 g/mol. The summed E-state index contributed by atoms with van der Waals surface area (Å²) < 4.78 is 28.1. The van der Waals surface area contributed by atoms with Crippen LogP contribution >= 0.6 is 11.8 Å². The number of carbonyl (C=O) groups is 2. The number of rotatable bonds is 6. The summed E-state index contributed by atoms with van der Waals surface area (Å²) in [5.41, 5.74) is 0. The Morgan fingerprint density at radius 1 is 1.19 bits per heavy atom. The first-order valence-corrected chi connectivity index (χ1v) is 11.4. The van der Waals surface area contributed by atoms with Crippen LogP contribution in [0.25, 0.3) is 10.8 Å². The highest BCUT2D eigenvalue weighted by Gasteiger charge is 2.32. The quantitative estimate of drug-likeness (QED) is 0.539. The fraction of sp³-hybridized carbons (Fsp3) is 0.368. The van der Waals surface area contributed by atoms with Gasteiger partial charge in [-0.1, -0.05) is 30.3 Å². The highest BCUT2D eigenvalue weighted by Crippen LogP contribution is 2.23. The maximum Gasteiger partial charge on any atom is 0.316 e. The molecule has 0 spiro atoms. The van der Waals surface area contributed by atoms with Gasteiger partial charge in [-0.05, 0) is 29.3 Å². The van der Waals surface area contributed by atoms with Gasteiger partial charge in [-0.2, -0.15) is 0 Å². The lowest BCUT2D eigenvalue weighted by Gasteiger charge is -2.23. The molecule has 2 aromatic rings. The highest BCUT2D eigenvalue weighted by molar-refractivity contribution is 8.00. The smallest absolute Gasteiger partial charge is 0.316 e. The van der Waals surface area contributed by atoms with E-state index in [4.69, 9.17) is 4.74 Å². The molecule has 0 unspecified atom stereocenters. The molecule has 2 aromatic carbocycles. The van der Waals surface area contributed by atoms with E-state index in [1.165, 1.54) is 16.7 Å². The van der Waals surface area contributed by atoms with Crippen molar-refractivity contribution in [2.75, 3.05) is 30.9 Å². The van der Waals surface area contributed by atoms with E-state index in [-0.39, 0.29) is 35.8 Å². The number of esters is 1. The van der Waals surface area contributed by atoms with Crippen molar-refractivity contribution in [1.82, 2.24) is 4.90 Å². The Kier molecular flexibility index (Phi) is 6.06. The minimum Gasteiger partial charge on any atom is -0.455 e. The van der Waals surface area contributed by atoms with E-state index >= 15 is 0 Å². The van der Waals surface area contributed by atoms with Crippen molar-refractivity contribution in [3.05, 3.63) is 42.5 Å². The normalized spacial score (nSPS) is 18.3. The minimum absolute atomic E-state index is 0.0268. The van der Waals surface area contributed by atoms with Crippen molar-refractivity contribution < 1.29 is 22.7 Å². The SMILES string of the molecule is CN(C(=O)COC(=O)CSc1ccc2ccccc2c1)[C@H]1CCS(=O)(=O)C1. The topological polar surface area (TPSA) is 80.8 Å². The molecule has 1 fully saturated rings. The molecule has 1 saturated heterocycles. The zero-order chi connectivity index (χ0) is 19.4. The van der Waals surface area contributed by atoms with Crippen molar-refractivity contribution in [1.29, 1.82) is 0 Å². The fourth-order valence-electron chi connectivity index (χ4n) is 2.97. The highest BCUT2D eigenvalue weighted by atomic mass is 32.2. The molecule has 0 saturated carbocycles. The molecule has 3 rings (SSSR count). The number of carbonyl (C=O) groups excluding carboxylic acids is 2. The number of hydrogen-bond donors (Lipinski definition) is 0. The first-order chi connectivity index (χ1) is 12.8. The van der Waals surface area contributed by atoms with Crippen LogP contribution in [0.15, 0.2) is 47.4 Å². The number of amides is 1. The van der Waals surface area contributed by atoms with Gasteiger partial charge in [0.25, 0.3) is 5.91 Å². The maximum atomic E-state index is 12.1. The van der Waals surface area contributed by atoms with Crippen molar-refractivity contribution in [2.24, 2.45) is 0 Å². The van der Waals surface area contributed by atoms with Crippen LogP contribution < -0.4 is 0 Å². The third-order valence-electron chi connectivity index (χ3n) is 4.58. The molecule has 0 aliphatic carbocycles. The number of hydrogen-bond acceptors (Lipinski definition) is 6. The molecule has 0 aromatic heterocycles. The molecule has 144 valence electrons. The van der Waals surface area contributed by atoms with E-state index < -0.39 is 15.8 Å². The summed E-state index contributed by atoms with van der Waals surface area (Å²) in [5, 5.41) is 2.23. The van der Waals surface area contributed by atoms with Crippen LogP contribution in [0.3, 0.4) is 0 Å². The number of benzene rings is 2. The van der Waals surface area contributed by atoms with Gasteiger partial charge in [0.1, 0.15) is 0 Å². The Labute approximate surface area is 162 Å². The van der Waals surface area contributed by atoms with Gasteiger partial charge in [0, 0.05) is 18.0 Å². The van der Waals surface area contributed by atoms with Crippen molar-refractivity contribution in [3.8, 4) is 0 Å². The fourth-order valence-corrected chi connectivity index (χ4v) is 5.49. The Hall–Kier alpha value is -2.06. The van der Waals surface area contributed by atoms with Crippen LogP contribution in [0.5, 0.6) is 0 Å². The molecular formula is C19H21NO5S2. The molecule has 0 N–H and O–H groups in total.